The predicted molar refractivity (Wildman–Crippen MR) is 73.6 cm³/mol. The van der Waals surface area contributed by atoms with Crippen LogP contribution in [0, 0.1) is 23.2 Å². The van der Waals surface area contributed by atoms with Crippen molar-refractivity contribution in [3.8, 4) is 6.07 Å². The highest BCUT2D eigenvalue weighted by Crippen LogP contribution is 2.29. The zero-order chi connectivity index (χ0) is 13.0. The van der Waals surface area contributed by atoms with E-state index >= 15 is 0 Å². The Hall–Kier alpha value is -1.27. The molecule has 0 aromatic carbocycles. The zero-order valence-corrected chi connectivity index (χ0v) is 11.4. The molecule has 3 nitrogen and oxygen atoms in total. The van der Waals surface area contributed by atoms with Gasteiger partial charge in [0.25, 0.3) is 0 Å². The van der Waals surface area contributed by atoms with Crippen molar-refractivity contribution in [1.29, 1.82) is 5.26 Å². The molecule has 18 heavy (non-hydrogen) atoms. The largest absolute Gasteiger partial charge is 0.370 e. The quantitative estimate of drug-likeness (QED) is 0.843. The molecule has 0 aliphatic heterocycles. The smallest absolute Gasteiger partial charge is 0.132 e. The second-order valence-corrected chi connectivity index (χ2v) is 5.47. The molecular weight excluding hydrogens is 246 g/mol. The summed E-state index contributed by atoms with van der Waals surface area (Å²) < 4.78 is 0. The molecule has 1 aromatic rings. The molecule has 2 unspecified atom stereocenters. The van der Waals surface area contributed by atoms with E-state index in [-0.39, 0.29) is 0 Å². The van der Waals surface area contributed by atoms with E-state index in [1.54, 1.807) is 12.1 Å². The first-order valence-corrected chi connectivity index (χ1v) is 6.88. The van der Waals surface area contributed by atoms with E-state index in [4.69, 9.17) is 16.9 Å². The summed E-state index contributed by atoms with van der Waals surface area (Å²) in [5.74, 6) is 2.17. The summed E-state index contributed by atoms with van der Waals surface area (Å²) in [6, 6.07) is 5.42. The van der Waals surface area contributed by atoms with Gasteiger partial charge < -0.3 is 5.32 Å². The third-order valence-electron chi connectivity index (χ3n) is 3.76. The van der Waals surface area contributed by atoms with Crippen LogP contribution in [-0.4, -0.2) is 11.5 Å². The van der Waals surface area contributed by atoms with Crippen molar-refractivity contribution in [1.82, 2.24) is 4.98 Å². The van der Waals surface area contributed by atoms with Gasteiger partial charge in [0.05, 0.1) is 11.6 Å². The number of hydrogen-bond acceptors (Lipinski definition) is 3. The minimum absolute atomic E-state index is 0.369. The van der Waals surface area contributed by atoms with Crippen LogP contribution in [0.2, 0.25) is 5.15 Å². The van der Waals surface area contributed by atoms with Gasteiger partial charge in [0.15, 0.2) is 0 Å². The first-order valence-electron chi connectivity index (χ1n) is 6.50. The molecule has 1 aromatic heterocycles. The first-order chi connectivity index (χ1) is 8.69. The molecule has 0 radical (unpaired) electrons. The predicted octanol–water partition coefficient (Wildman–Crippen LogP) is 3.84. The van der Waals surface area contributed by atoms with Gasteiger partial charge >= 0.3 is 0 Å². The molecule has 1 fully saturated rings. The fraction of sp³-hybridized carbons (Fsp3) is 0.571. The summed E-state index contributed by atoms with van der Waals surface area (Å²) in [4.78, 5) is 4.19. The molecule has 2 rings (SSSR count). The van der Waals surface area contributed by atoms with Crippen molar-refractivity contribution >= 4 is 17.4 Å². The van der Waals surface area contributed by atoms with Crippen molar-refractivity contribution in [2.45, 2.75) is 32.6 Å². The lowest BCUT2D eigenvalue weighted by Gasteiger charge is -2.28. The molecule has 0 bridgehead atoms. The Morgan fingerprint density at radius 1 is 1.44 bits per heavy atom. The molecule has 0 saturated heterocycles. The minimum atomic E-state index is 0.369. The highest BCUT2D eigenvalue weighted by Gasteiger charge is 2.20. The van der Waals surface area contributed by atoms with E-state index < -0.39 is 0 Å². The van der Waals surface area contributed by atoms with Crippen molar-refractivity contribution in [2.24, 2.45) is 11.8 Å². The summed E-state index contributed by atoms with van der Waals surface area (Å²) in [7, 11) is 0. The Balaban J connectivity index is 1.97. The van der Waals surface area contributed by atoms with Gasteiger partial charge in [-0.2, -0.15) is 5.26 Å². The Kier molecular flexibility index (Phi) is 4.43. The monoisotopic (exact) mass is 263 g/mol. The van der Waals surface area contributed by atoms with Gasteiger partial charge in [-0.3, -0.25) is 0 Å². The molecule has 1 aliphatic carbocycles. The lowest BCUT2D eigenvalue weighted by molar-refractivity contribution is 0.268. The maximum atomic E-state index is 8.88. The van der Waals surface area contributed by atoms with Crippen LogP contribution in [-0.2, 0) is 0 Å². The molecule has 2 atom stereocenters. The number of rotatable bonds is 3. The Labute approximate surface area is 113 Å². The first kappa shape index (κ1) is 13.2. The normalized spacial score (nSPS) is 23.4. The highest BCUT2D eigenvalue weighted by molar-refractivity contribution is 6.29. The van der Waals surface area contributed by atoms with Crippen LogP contribution in [0.15, 0.2) is 12.1 Å². The van der Waals surface area contributed by atoms with Gasteiger partial charge in [-0.25, -0.2) is 4.98 Å². The summed E-state index contributed by atoms with van der Waals surface area (Å²) in [6.45, 7) is 3.23. The van der Waals surface area contributed by atoms with E-state index in [0.29, 0.717) is 22.5 Å². The van der Waals surface area contributed by atoms with Crippen molar-refractivity contribution in [3.63, 3.8) is 0 Å². The fourth-order valence-corrected chi connectivity index (χ4v) is 2.79. The van der Waals surface area contributed by atoms with Crippen molar-refractivity contribution in [2.75, 3.05) is 11.9 Å². The van der Waals surface area contributed by atoms with Gasteiger partial charge in [-0.05, 0) is 30.4 Å². The molecular formula is C14H18ClN3. The van der Waals surface area contributed by atoms with Crippen LogP contribution in [0.3, 0.4) is 0 Å². The SMILES string of the molecule is CC1CCCCC1CNc1cc(C#N)cc(Cl)n1. The van der Waals surface area contributed by atoms with Gasteiger partial charge in [-0.1, -0.05) is 37.8 Å². The second kappa shape index (κ2) is 6.06. The van der Waals surface area contributed by atoms with Gasteiger partial charge in [-0.15, -0.1) is 0 Å². The standard InChI is InChI=1S/C14H18ClN3/c1-10-4-2-3-5-12(10)9-17-14-7-11(8-16)6-13(15)18-14/h6-7,10,12H,2-5,9H2,1H3,(H,17,18). The topological polar surface area (TPSA) is 48.7 Å². The zero-order valence-electron chi connectivity index (χ0n) is 10.6. The van der Waals surface area contributed by atoms with E-state index in [9.17, 15) is 0 Å². The van der Waals surface area contributed by atoms with Crippen molar-refractivity contribution in [3.05, 3.63) is 22.8 Å². The average molecular weight is 264 g/mol. The maximum Gasteiger partial charge on any atom is 0.132 e. The minimum Gasteiger partial charge on any atom is -0.370 e. The number of pyridine rings is 1. The number of nitriles is 1. The molecule has 0 amide bonds. The average Bonchev–Trinajstić information content (AvgIpc) is 2.37. The van der Waals surface area contributed by atoms with Crippen LogP contribution in [0.5, 0.6) is 0 Å². The summed E-state index contributed by atoms with van der Waals surface area (Å²) in [6.07, 6.45) is 5.27. The van der Waals surface area contributed by atoms with Crippen LogP contribution >= 0.6 is 11.6 Å². The van der Waals surface area contributed by atoms with Gasteiger partial charge in [0.2, 0.25) is 0 Å². The molecule has 1 N–H and O–H groups in total. The van der Waals surface area contributed by atoms with E-state index in [1.807, 2.05) is 0 Å². The summed E-state index contributed by atoms with van der Waals surface area (Å²) in [5.41, 5.74) is 0.550. The Morgan fingerprint density at radius 2 is 2.22 bits per heavy atom. The third-order valence-corrected chi connectivity index (χ3v) is 3.95. The number of nitrogens with one attached hydrogen (secondary N) is 1. The second-order valence-electron chi connectivity index (χ2n) is 5.08. The summed E-state index contributed by atoms with van der Waals surface area (Å²) in [5, 5.41) is 12.6. The lowest BCUT2D eigenvalue weighted by Crippen LogP contribution is -2.24. The lowest BCUT2D eigenvalue weighted by atomic mass is 9.80. The molecule has 96 valence electrons. The Bertz CT molecular complexity index is 453. The van der Waals surface area contributed by atoms with E-state index in [0.717, 1.165) is 12.5 Å². The number of hydrogen-bond donors (Lipinski definition) is 1. The number of halogens is 1. The number of aromatic nitrogens is 1. The van der Waals surface area contributed by atoms with E-state index in [1.165, 1.54) is 25.7 Å². The highest BCUT2D eigenvalue weighted by atomic mass is 35.5. The van der Waals surface area contributed by atoms with Gasteiger partial charge in [0.1, 0.15) is 11.0 Å². The van der Waals surface area contributed by atoms with E-state index in [2.05, 4.69) is 23.3 Å². The molecule has 1 aliphatic rings. The molecule has 1 heterocycles. The molecule has 1 saturated carbocycles. The number of nitrogens with zero attached hydrogens (tertiary/aromatic N) is 2. The molecule has 0 spiro atoms. The van der Waals surface area contributed by atoms with Crippen LogP contribution < -0.4 is 5.32 Å². The third kappa shape index (κ3) is 3.36. The van der Waals surface area contributed by atoms with Crippen molar-refractivity contribution < 1.29 is 0 Å². The summed E-state index contributed by atoms with van der Waals surface area (Å²) >= 11 is 5.88. The van der Waals surface area contributed by atoms with Crippen LogP contribution in [0.4, 0.5) is 5.82 Å². The molecule has 4 heteroatoms. The fourth-order valence-electron chi connectivity index (χ4n) is 2.58. The van der Waals surface area contributed by atoms with Gasteiger partial charge in [0, 0.05) is 6.54 Å². The Morgan fingerprint density at radius 3 is 2.94 bits per heavy atom. The number of anilines is 1. The maximum absolute atomic E-state index is 8.88. The van der Waals surface area contributed by atoms with Crippen LogP contribution in [0.1, 0.15) is 38.2 Å². The van der Waals surface area contributed by atoms with Crippen LogP contribution in [0.25, 0.3) is 0 Å².